The number of likely N-dealkylation sites (N-methyl/N-ethyl adjacent to an activating group) is 1. The van der Waals surface area contributed by atoms with Gasteiger partial charge in [-0.05, 0) is 13.1 Å². The van der Waals surface area contributed by atoms with Gasteiger partial charge in [-0.3, -0.25) is 4.79 Å². The first-order valence-electron chi connectivity index (χ1n) is 4.92. The largest absolute Gasteiger partial charge is 0.370 e. The van der Waals surface area contributed by atoms with Crippen LogP contribution >= 0.6 is 0 Å². The molecule has 4 nitrogen and oxygen atoms in total. The van der Waals surface area contributed by atoms with Gasteiger partial charge >= 0.3 is 0 Å². The summed E-state index contributed by atoms with van der Waals surface area (Å²) in [5.74, 6) is -0.240. The zero-order chi connectivity index (χ0) is 10.1. The number of hydrogen-bond donors (Lipinski definition) is 2. The SMILES string of the molecule is CCN(CC)CCNCCC(N)=O. The van der Waals surface area contributed by atoms with Gasteiger partial charge in [0, 0.05) is 26.1 Å². The van der Waals surface area contributed by atoms with E-state index < -0.39 is 0 Å². The lowest BCUT2D eigenvalue weighted by atomic mass is 10.4. The van der Waals surface area contributed by atoms with Crippen molar-refractivity contribution < 1.29 is 4.79 Å². The average molecular weight is 187 g/mol. The van der Waals surface area contributed by atoms with E-state index in [2.05, 4.69) is 24.1 Å². The number of nitrogens with zero attached hydrogens (tertiary/aromatic N) is 1. The molecule has 4 heteroatoms. The molecule has 0 radical (unpaired) electrons. The Morgan fingerprint density at radius 2 is 1.92 bits per heavy atom. The number of nitrogens with one attached hydrogen (secondary N) is 1. The van der Waals surface area contributed by atoms with Crippen molar-refractivity contribution in [2.24, 2.45) is 5.73 Å². The van der Waals surface area contributed by atoms with Crippen LogP contribution in [0.5, 0.6) is 0 Å². The van der Waals surface area contributed by atoms with Gasteiger partial charge in [0.25, 0.3) is 0 Å². The maximum Gasteiger partial charge on any atom is 0.218 e. The number of carbonyl (C=O) groups is 1. The van der Waals surface area contributed by atoms with Crippen LogP contribution < -0.4 is 11.1 Å². The molecule has 0 unspecified atom stereocenters. The fourth-order valence-corrected chi connectivity index (χ4v) is 1.11. The first kappa shape index (κ1) is 12.4. The molecule has 0 fully saturated rings. The first-order valence-corrected chi connectivity index (χ1v) is 4.92. The second kappa shape index (κ2) is 8.01. The van der Waals surface area contributed by atoms with Gasteiger partial charge in [-0.15, -0.1) is 0 Å². The molecule has 0 spiro atoms. The molecular weight excluding hydrogens is 166 g/mol. The van der Waals surface area contributed by atoms with E-state index in [4.69, 9.17) is 5.73 Å². The highest BCUT2D eigenvalue weighted by molar-refractivity contribution is 5.73. The van der Waals surface area contributed by atoms with Crippen molar-refractivity contribution in [1.29, 1.82) is 0 Å². The molecule has 78 valence electrons. The summed E-state index contributed by atoms with van der Waals surface area (Å²) in [4.78, 5) is 12.7. The highest BCUT2D eigenvalue weighted by Crippen LogP contribution is 1.84. The molecule has 1 amide bonds. The Morgan fingerprint density at radius 3 is 2.38 bits per heavy atom. The van der Waals surface area contributed by atoms with Crippen LogP contribution in [0, 0.1) is 0 Å². The smallest absolute Gasteiger partial charge is 0.218 e. The third-order valence-corrected chi connectivity index (χ3v) is 2.05. The molecule has 0 aliphatic heterocycles. The molecule has 0 heterocycles. The topological polar surface area (TPSA) is 58.4 Å². The number of carbonyl (C=O) groups excluding carboxylic acids is 1. The van der Waals surface area contributed by atoms with Crippen LogP contribution in [0.4, 0.5) is 0 Å². The van der Waals surface area contributed by atoms with Crippen LogP contribution in [0.15, 0.2) is 0 Å². The third-order valence-electron chi connectivity index (χ3n) is 2.05. The maximum absolute atomic E-state index is 10.4. The Balaban J connectivity index is 3.19. The minimum Gasteiger partial charge on any atom is -0.370 e. The Hall–Kier alpha value is -0.610. The van der Waals surface area contributed by atoms with E-state index in [0.29, 0.717) is 13.0 Å². The fraction of sp³-hybridized carbons (Fsp3) is 0.889. The van der Waals surface area contributed by atoms with E-state index in [-0.39, 0.29) is 5.91 Å². The number of primary amides is 1. The van der Waals surface area contributed by atoms with Crippen LogP contribution in [-0.4, -0.2) is 43.5 Å². The fourth-order valence-electron chi connectivity index (χ4n) is 1.11. The summed E-state index contributed by atoms with van der Waals surface area (Å²) in [5.41, 5.74) is 5.00. The van der Waals surface area contributed by atoms with Gasteiger partial charge in [0.15, 0.2) is 0 Å². The van der Waals surface area contributed by atoms with E-state index in [1.807, 2.05) is 0 Å². The van der Waals surface area contributed by atoms with Gasteiger partial charge in [0.1, 0.15) is 0 Å². The molecule has 0 saturated heterocycles. The lowest BCUT2D eigenvalue weighted by Crippen LogP contribution is -2.33. The molecule has 0 atom stereocenters. The summed E-state index contributed by atoms with van der Waals surface area (Å²) in [6.45, 7) is 9.10. The Kier molecular flexibility index (Phi) is 7.63. The molecule has 3 N–H and O–H groups in total. The number of amides is 1. The molecule has 0 aliphatic rings. The zero-order valence-corrected chi connectivity index (χ0v) is 8.68. The summed E-state index contributed by atoms with van der Waals surface area (Å²) < 4.78 is 0. The summed E-state index contributed by atoms with van der Waals surface area (Å²) >= 11 is 0. The van der Waals surface area contributed by atoms with Gasteiger partial charge < -0.3 is 16.0 Å². The molecule has 0 aliphatic carbocycles. The van der Waals surface area contributed by atoms with Crippen molar-refractivity contribution in [3.63, 3.8) is 0 Å². The van der Waals surface area contributed by atoms with E-state index in [1.165, 1.54) is 0 Å². The van der Waals surface area contributed by atoms with Crippen molar-refractivity contribution in [1.82, 2.24) is 10.2 Å². The van der Waals surface area contributed by atoms with Crippen LogP contribution in [0.25, 0.3) is 0 Å². The number of hydrogen-bond acceptors (Lipinski definition) is 3. The Morgan fingerprint density at radius 1 is 1.31 bits per heavy atom. The summed E-state index contributed by atoms with van der Waals surface area (Å²) in [6.07, 6.45) is 0.429. The van der Waals surface area contributed by atoms with E-state index >= 15 is 0 Å². The van der Waals surface area contributed by atoms with Gasteiger partial charge in [-0.1, -0.05) is 13.8 Å². The van der Waals surface area contributed by atoms with Crippen LogP contribution in [-0.2, 0) is 4.79 Å². The summed E-state index contributed by atoms with van der Waals surface area (Å²) in [6, 6.07) is 0. The molecule has 13 heavy (non-hydrogen) atoms. The van der Waals surface area contributed by atoms with E-state index in [1.54, 1.807) is 0 Å². The molecule has 0 bridgehead atoms. The minimum atomic E-state index is -0.240. The molecule has 0 saturated carbocycles. The molecular formula is C9H21N3O. The van der Waals surface area contributed by atoms with Gasteiger partial charge in [0.05, 0.1) is 0 Å². The molecule has 0 aromatic rings. The Labute approximate surface area is 80.5 Å². The standard InChI is InChI=1S/C9H21N3O/c1-3-12(4-2)8-7-11-6-5-9(10)13/h11H,3-8H2,1-2H3,(H2,10,13). The van der Waals surface area contributed by atoms with Crippen molar-refractivity contribution in [3.05, 3.63) is 0 Å². The lowest BCUT2D eigenvalue weighted by Gasteiger charge is -2.17. The minimum absolute atomic E-state index is 0.240. The van der Waals surface area contributed by atoms with Crippen LogP contribution in [0.1, 0.15) is 20.3 Å². The predicted molar refractivity (Wildman–Crippen MR) is 54.5 cm³/mol. The van der Waals surface area contributed by atoms with Crippen molar-refractivity contribution in [2.45, 2.75) is 20.3 Å². The second-order valence-corrected chi connectivity index (χ2v) is 2.99. The number of rotatable bonds is 8. The highest BCUT2D eigenvalue weighted by Gasteiger charge is 1.97. The van der Waals surface area contributed by atoms with Crippen LogP contribution in [0.3, 0.4) is 0 Å². The molecule has 0 rings (SSSR count). The van der Waals surface area contributed by atoms with Gasteiger partial charge in [-0.2, -0.15) is 0 Å². The lowest BCUT2D eigenvalue weighted by molar-refractivity contribution is -0.117. The average Bonchev–Trinajstić information content (AvgIpc) is 2.11. The monoisotopic (exact) mass is 187 g/mol. The quantitative estimate of drug-likeness (QED) is 0.517. The van der Waals surface area contributed by atoms with Crippen molar-refractivity contribution in [2.75, 3.05) is 32.7 Å². The molecule has 0 aromatic heterocycles. The van der Waals surface area contributed by atoms with Crippen molar-refractivity contribution >= 4 is 5.91 Å². The first-order chi connectivity index (χ1) is 6.20. The third kappa shape index (κ3) is 7.74. The number of nitrogens with two attached hydrogens (primary N) is 1. The Bertz CT molecular complexity index is 135. The maximum atomic E-state index is 10.4. The van der Waals surface area contributed by atoms with E-state index in [9.17, 15) is 4.79 Å². The summed E-state index contributed by atoms with van der Waals surface area (Å²) in [7, 11) is 0. The highest BCUT2D eigenvalue weighted by atomic mass is 16.1. The van der Waals surface area contributed by atoms with Crippen LogP contribution in [0.2, 0.25) is 0 Å². The van der Waals surface area contributed by atoms with Gasteiger partial charge in [0.2, 0.25) is 5.91 Å². The normalized spacial score (nSPS) is 10.7. The van der Waals surface area contributed by atoms with E-state index in [0.717, 1.165) is 26.2 Å². The van der Waals surface area contributed by atoms with Crippen molar-refractivity contribution in [3.8, 4) is 0 Å². The summed E-state index contributed by atoms with van der Waals surface area (Å²) in [5, 5.41) is 3.17. The predicted octanol–water partition coefficient (Wildman–Crippen LogP) is -0.207. The zero-order valence-electron chi connectivity index (χ0n) is 8.68. The second-order valence-electron chi connectivity index (χ2n) is 2.99. The molecule has 0 aromatic carbocycles. The van der Waals surface area contributed by atoms with Gasteiger partial charge in [-0.25, -0.2) is 0 Å².